The van der Waals surface area contributed by atoms with Gasteiger partial charge in [0.2, 0.25) is 5.91 Å². The molecule has 0 spiro atoms. The van der Waals surface area contributed by atoms with Gasteiger partial charge in [0.05, 0.1) is 6.42 Å². The third-order valence-corrected chi connectivity index (χ3v) is 2.51. The number of nitrogens with one attached hydrogen (secondary N) is 1. The zero-order valence-electron chi connectivity index (χ0n) is 7.75. The van der Waals surface area contributed by atoms with Crippen LogP contribution in [0.3, 0.4) is 0 Å². The van der Waals surface area contributed by atoms with Crippen LogP contribution in [-0.4, -0.2) is 23.0 Å². The van der Waals surface area contributed by atoms with Gasteiger partial charge in [-0.3, -0.25) is 9.59 Å². The summed E-state index contributed by atoms with van der Waals surface area (Å²) in [6, 6.07) is -0.00824. The first kappa shape index (κ1) is 10.0. The molecule has 2 atom stereocenters. The van der Waals surface area contributed by atoms with Crippen LogP contribution < -0.4 is 5.32 Å². The molecule has 0 aromatic carbocycles. The van der Waals surface area contributed by atoms with Crippen molar-refractivity contribution in [3.8, 4) is 0 Å². The maximum atomic E-state index is 11.1. The number of carboxylic acid groups (broad SMARTS) is 1. The zero-order chi connectivity index (χ0) is 9.84. The summed E-state index contributed by atoms with van der Waals surface area (Å²) in [6.45, 7) is 1.87. The molecule has 1 aliphatic rings. The third-order valence-electron chi connectivity index (χ3n) is 2.51. The molecule has 0 radical (unpaired) electrons. The first-order valence-electron chi connectivity index (χ1n) is 4.60. The summed E-state index contributed by atoms with van der Waals surface area (Å²) in [5.41, 5.74) is 0. The Bertz CT molecular complexity index is 215. The van der Waals surface area contributed by atoms with Gasteiger partial charge in [-0.1, -0.05) is 0 Å². The van der Waals surface area contributed by atoms with Crippen molar-refractivity contribution in [2.45, 2.75) is 38.6 Å². The van der Waals surface area contributed by atoms with Crippen LogP contribution in [0.1, 0.15) is 32.6 Å². The Morgan fingerprint density at radius 1 is 1.69 bits per heavy atom. The normalized spacial score (nSPS) is 29.2. The Labute approximate surface area is 77.3 Å². The lowest BCUT2D eigenvalue weighted by atomic mass is 9.93. The highest BCUT2D eigenvalue weighted by atomic mass is 16.4. The molecule has 0 aromatic heterocycles. The minimum Gasteiger partial charge on any atom is -0.481 e. The fourth-order valence-electron chi connectivity index (χ4n) is 1.72. The summed E-state index contributed by atoms with van der Waals surface area (Å²) in [5.74, 6) is -0.655. The van der Waals surface area contributed by atoms with Gasteiger partial charge in [-0.2, -0.15) is 0 Å². The van der Waals surface area contributed by atoms with E-state index in [1.807, 2.05) is 6.92 Å². The van der Waals surface area contributed by atoms with Gasteiger partial charge in [-0.05, 0) is 25.7 Å². The van der Waals surface area contributed by atoms with Gasteiger partial charge in [-0.15, -0.1) is 0 Å². The Morgan fingerprint density at radius 2 is 2.38 bits per heavy atom. The molecule has 0 aliphatic carbocycles. The van der Waals surface area contributed by atoms with E-state index in [0.29, 0.717) is 6.42 Å². The molecule has 13 heavy (non-hydrogen) atoms. The number of carbonyl (C=O) groups is 2. The topological polar surface area (TPSA) is 66.4 Å². The second-order valence-electron chi connectivity index (χ2n) is 3.61. The van der Waals surface area contributed by atoms with Crippen molar-refractivity contribution in [3.05, 3.63) is 0 Å². The van der Waals surface area contributed by atoms with Gasteiger partial charge in [0, 0.05) is 12.5 Å². The van der Waals surface area contributed by atoms with Crippen LogP contribution in [0.2, 0.25) is 0 Å². The summed E-state index contributed by atoms with van der Waals surface area (Å²) >= 11 is 0. The van der Waals surface area contributed by atoms with Gasteiger partial charge in [0.1, 0.15) is 0 Å². The van der Waals surface area contributed by atoms with Crippen molar-refractivity contribution < 1.29 is 14.7 Å². The molecule has 0 saturated carbocycles. The lowest BCUT2D eigenvalue weighted by Gasteiger charge is -2.19. The maximum Gasteiger partial charge on any atom is 0.303 e. The van der Waals surface area contributed by atoms with Crippen molar-refractivity contribution in [3.63, 3.8) is 0 Å². The summed E-state index contributed by atoms with van der Waals surface area (Å²) in [4.78, 5) is 21.6. The predicted octanol–water partition coefficient (Wildman–Crippen LogP) is 0.766. The molecule has 74 valence electrons. The van der Waals surface area contributed by atoms with Gasteiger partial charge in [0.25, 0.3) is 0 Å². The van der Waals surface area contributed by atoms with Crippen LogP contribution in [0.25, 0.3) is 0 Å². The second-order valence-corrected chi connectivity index (χ2v) is 3.61. The quantitative estimate of drug-likeness (QED) is 0.667. The molecule has 0 bridgehead atoms. The van der Waals surface area contributed by atoms with Crippen molar-refractivity contribution >= 4 is 11.9 Å². The standard InChI is InChI=1S/C9H15NO3/c1-6-7(5-9(12)13)3-2-4-8(11)10-6/h6-7H,2-5H2,1H3,(H,10,11)(H,12,13)/t6-,7-/m1/s1. The third kappa shape index (κ3) is 3.05. The average molecular weight is 185 g/mol. The first-order valence-corrected chi connectivity index (χ1v) is 4.60. The molecule has 4 nitrogen and oxygen atoms in total. The molecular weight excluding hydrogens is 170 g/mol. The lowest BCUT2D eigenvalue weighted by Crippen LogP contribution is -2.36. The molecule has 4 heteroatoms. The summed E-state index contributed by atoms with van der Waals surface area (Å²) in [7, 11) is 0. The molecule has 1 saturated heterocycles. The highest BCUT2D eigenvalue weighted by molar-refractivity contribution is 5.76. The zero-order valence-corrected chi connectivity index (χ0v) is 7.75. The van der Waals surface area contributed by atoms with E-state index in [4.69, 9.17) is 5.11 Å². The van der Waals surface area contributed by atoms with Crippen LogP contribution in [0, 0.1) is 5.92 Å². The largest absolute Gasteiger partial charge is 0.481 e. The second kappa shape index (κ2) is 4.25. The highest BCUT2D eigenvalue weighted by Crippen LogP contribution is 2.20. The van der Waals surface area contributed by atoms with E-state index in [1.54, 1.807) is 0 Å². The minimum absolute atomic E-state index is 0.00824. The Morgan fingerprint density at radius 3 is 3.00 bits per heavy atom. The van der Waals surface area contributed by atoms with E-state index in [9.17, 15) is 9.59 Å². The van der Waals surface area contributed by atoms with Crippen LogP contribution in [0.5, 0.6) is 0 Å². The maximum absolute atomic E-state index is 11.1. The molecule has 0 aromatic rings. The van der Waals surface area contributed by atoms with Gasteiger partial charge in [0.15, 0.2) is 0 Å². The fourth-order valence-corrected chi connectivity index (χ4v) is 1.72. The van der Waals surface area contributed by atoms with E-state index in [0.717, 1.165) is 12.8 Å². The average Bonchev–Trinajstić information content (AvgIpc) is 2.13. The van der Waals surface area contributed by atoms with Crippen LogP contribution >= 0.6 is 0 Å². The molecule has 1 amide bonds. The fraction of sp³-hybridized carbons (Fsp3) is 0.778. The van der Waals surface area contributed by atoms with E-state index < -0.39 is 5.97 Å². The summed E-state index contributed by atoms with van der Waals surface area (Å²) in [5, 5.41) is 11.4. The monoisotopic (exact) mass is 185 g/mol. The Hall–Kier alpha value is -1.06. The van der Waals surface area contributed by atoms with Crippen LogP contribution in [-0.2, 0) is 9.59 Å². The highest BCUT2D eigenvalue weighted by Gasteiger charge is 2.24. The summed E-state index contributed by atoms with van der Waals surface area (Å²) < 4.78 is 0. The van der Waals surface area contributed by atoms with Crippen LogP contribution in [0.4, 0.5) is 0 Å². The first-order chi connectivity index (χ1) is 6.09. The molecule has 0 unspecified atom stereocenters. The van der Waals surface area contributed by atoms with Gasteiger partial charge >= 0.3 is 5.97 Å². The smallest absolute Gasteiger partial charge is 0.303 e. The van der Waals surface area contributed by atoms with Crippen molar-refractivity contribution in [2.24, 2.45) is 5.92 Å². The number of carbonyl (C=O) groups excluding carboxylic acids is 1. The molecule has 2 N–H and O–H groups in total. The van der Waals surface area contributed by atoms with Crippen molar-refractivity contribution in [1.29, 1.82) is 0 Å². The number of amides is 1. The Kier molecular flexibility index (Phi) is 3.28. The minimum atomic E-state index is -0.784. The molecule has 1 rings (SSSR count). The SMILES string of the molecule is C[C@H]1NC(=O)CCC[C@@H]1CC(=O)O. The number of aliphatic carboxylic acids is 1. The lowest BCUT2D eigenvalue weighted by molar-refractivity contribution is -0.138. The van der Waals surface area contributed by atoms with Gasteiger partial charge in [-0.25, -0.2) is 0 Å². The van der Waals surface area contributed by atoms with Crippen molar-refractivity contribution in [1.82, 2.24) is 5.32 Å². The van der Waals surface area contributed by atoms with E-state index in [1.165, 1.54) is 0 Å². The number of hydrogen-bond acceptors (Lipinski definition) is 2. The Balaban J connectivity index is 2.52. The molecule has 1 heterocycles. The van der Waals surface area contributed by atoms with E-state index in [-0.39, 0.29) is 24.3 Å². The van der Waals surface area contributed by atoms with E-state index >= 15 is 0 Å². The molecule has 1 fully saturated rings. The number of hydrogen-bond donors (Lipinski definition) is 2. The number of carboxylic acids is 1. The molecular formula is C9H15NO3. The van der Waals surface area contributed by atoms with E-state index in [2.05, 4.69) is 5.32 Å². The van der Waals surface area contributed by atoms with Gasteiger partial charge < -0.3 is 10.4 Å². The predicted molar refractivity (Wildman–Crippen MR) is 47.2 cm³/mol. The van der Waals surface area contributed by atoms with Crippen molar-refractivity contribution in [2.75, 3.05) is 0 Å². The number of rotatable bonds is 2. The summed E-state index contributed by atoms with van der Waals surface area (Å²) in [6.07, 6.45) is 2.31. The van der Waals surface area contributed by atoms with Crippen LogP contribution in [0.15, 0.2) is 0 Å². The molecule has 1 aliphatic heterocycles.